The summed E-state index contributed by atoms with van der Waals surface area (Å²) >= 11 is 6.14. The Kier molecular flexibility index (Phi) is 4.56. The lowest BCUT2D eigenvalue weighted by atomic mass is 10.1. The molecule has 9 nitrogen and oxygen atoms in total. The van der Waals surface area contributed by atoms with E-state index in [1.165, 1.54) is 4.57 Å². The van der Waals surface area contributed by atoms with Crippen molar-refractivity contribution in [3.63, 3.8) is 0 Å². The number of aliphatic hydroxyl groups is 2. The van der Waals surface area contributed by atoms with Gasteiger partial charge < -0.3 is 20.7 Å². The standard InChI is InChI=1S/C15H17ClF3N5O4/c16-10-8-11(22-13(20)21-10)24(14(27)23(8)4-5-1-2-5)12-6(25)3-7(28-12)9(26)15(17,18)19/h5-7,9,12,25-26H,1-4H2,(H2,20,21,22)/t6-,7+,9?,12-/m1/s1. The van der Waals surface area contributed by atoms with Crippen molar-refractivity contribution in [2.75, 3.05) is 5.73 Å². The first kappa shape index (κ1) is 19.4. The number of aromatic nitrogens is 4. The Labute approximate surface area is 160 Å². The molecule has 2 aromatic heterocycles. The van der Waals surface area contributed by atoms with Gasteiger partial charge in [0.2, 0.25) is 5.95 Å². The molecular weight excluding hydrogens is 407 g/mol. The number of nitrogens with two attached hydrogens (primary N) is 1. The number of anilines is 1. The fourth-order valence-corrected chi connectivity index (χ4v) is 3.71. The molecule has 0 amide bonds. The van der Waals surface area contributed by atoms with Crippen LogP contribution in [0.25, 0.3) is 11.2 Å². The Balaban J connectivity index is 1.80. The van der Waals surface area contributed by atoms with Crippen LogP contribution in [0.1, 0.15) is 25.5 Å². The van der Waals surface area contributed by atoms with E-state index >= 15 is 0 Å². The Bertz CT molecular complexity index is 973. The number of fused-ring (bicyclic) bond motifs is 1. The van der Waals surface area contributed by atoms with Crippen LogP contribution in [0.15, 0.2) is 4.79 Å². The van der Waals surface area contributed by atoms with Gasteiger partial charge in [0.05, 0.1) is 6.10 Å². The smallest absolute Gasteiger partial charge is 0.388 e. The Morgan fingerprint density at radius 3 is 2.64 bits per heavy atom. The molecule has 3 heterocycles. The second-order valence-corrected chi connectivity index (χ2v) is 7.46. The summed E-state index contributed by atoms with van der Waals surface area (Å²) in [5.74, 6) is 0.0220. The van der Waals surface area contributed by atoms with Crippen molar-refractivity contribution in [3.05, 3.63) is 15.6 Å². The summed E-state index contributed by atoms with van der Waals surface area (Å²) in [5, 5.41) is 19.6. The monoisotopic (exact) mass is 423 g/mol. The van der Waals surface area contributed by atoms with E-state index in [1.54, 1.807) is 0 Å². The van der Waals surface area contributed by atoms with Crippen LogP contribution in [0.3, 0.4) is 0 Å². The van der Waals surface area contributed by atoms with Gasteiger partial charge in [0, 0.05) is 13.0 Å². The predicted molar refractivity (Wildman–Crippen MR) is 90.5 cm³/mol. The van der Waals surface area contributed by atoms with E-state index in [0.717, 1.165) is 17.4 Å². The van der Waals surface area contributed by atoms with E-state index in [2.05, 4.69) is 9.97 Å². The second-order valence-electron chi connectivity index (χ2n) is 7.11. The Morgan fingerprint density at radius 1 is 1.36 bits per heavy atom. The fraction of sp³-hybridized carbons (Fsp3) is 0.667. The lowest BCUT2D eigenvalue weighted by Gasteiger charge is -2.21. The first-order chi connectivity index (χ1) is 13.1. The topological polar surface area (TPSA) is 128 Å². The van der Waals surface area contributed by atoms with Crippen LogP contribution < -0.4 is 11.4 Å². The van der Waals surface area contributed by atoms with Gasteiger partial charge in [-0.25, -0.2) is 9.36 Å². The van der Waals surface area contributed by atoms with Crippen LogP contribution in [0.5, 0.6) is 0 Å². The molecule has 4 atom stereocenters. The van der Waals surface area contributed by atoms with Gasteiger partial charge >= 0.3 is 11.9 Å². The highest BCUT2D eigenvalue weighted by atomic mass is 35.5. The zero-order valence-corrected chi connectivity index (χ0v) is 15.1. The van der Waals surface area contributed by atoms with E-state index in [-0.39, 0.29) is 28.2 Å². The summed E-state index contributed by atoms with van der Waals surface area (Å²) < 4.78 is 45.9. The number of nitrogen functional groups attached to an aromatic ring is 1. The number of hydrogen-bond acceptors (Lipinski definition) is 7. The summed E-state index contributed by atoms with van der Waals surface area (Å²) in [6.07, 6.45) is -11.1. The highest BCUT2D eigenvalue weighted by Crippen LogP contribution is 2.37. The lowest BCUT2D eigenvalue weighted by molar-refractivity contribution is -0.237. The van der Waals surface area contributed by atoms with E-state index < -0.39 is 42.8 Å². The zero-order chi connectivity index (χ0) is 20.4. The Hall–Kier alpha value is -1.89. The molecular formula is C15H17ClF3N5O4. The molecule has 1 aliphatic heterocycles. The van der Waals surface area contributed by atoms with E-state index in [0.29, 0.717) is 6.54 Å². The molecule has 2 aliphatic rings. The zero-order valence-electron chi connectivity index (χ0n) is 14.3. The first-order valence-electron chi connectivity index (χ1n) is 8.60. The summed E-state index contributed by atoms with van der Waals surface area (Å²) in [6.45, 7) is 0.326. The molecule has 2 aromatic rings. The number of aliphatic hydroxyl groups excluding tert-OH is 2. The SMILES string of the molecule is Nc1nc(Cl)c2c(n1)n([C@@H]1O[C@H](C(O)C(F)(F)F)C[C@H]1O)c(=O)n2CC1CC1. The van der Waals surface area contributed by atoms with Crippen LogP contribution in [-0.4, -0.2) is 53.8 Å². The molecule has 2 fully saturated rings. The van der Waals surface area contributed by atoms with E-state index in [9.17, 15) is 28.2 Å². The minimum absolute atomic E-state index is 0.0469. The average molecular weight is 424 g/mol. The van der Waals surface area contributed by atoms with Gasteiger partial charge in [-0.15, -0.1) is 0 Å². The van der Waals surface area contributed by atoms with E-state index in [1.807, 2.05) is 0 Å². The number of nitrogens with zero attached hydrogens (tertiary/aromatic N) is 4. The average Bonchev–Trinajstić information content (AvgIpc) is 3.27. The molecule has 1 unspecified atom stereocenters. The Morgan fingerprint density at radius 2 is 2.04 bits per heavy atom. The van der Waals surface area contributed by atoms with Gasteiger partial charge in [-0.05, 0) is 18.8 Å². The maximum absolute atomic E-state index is 13.0. The van der Waals surface area contributed by atoms with Crippen molar-refractivity contribution in [1.82, 2.24) is 19.1 Å². The third kappa shape index (κ3) is 3.23. The minimum Gasteiger partial charge on any atom is -0.388 e. The highest BCUT2D eigenvalue weighted by molar-refractivity contribution is 6.33. The highest BCUT2D eigenvalue weighted by Gasteiger charge is 2.50. The molecule has 154 valence electrons. The van der Waals surface area contributed by atoms with Gasteiger partial charge in [-0.2, -0.15) is 23.1 Å². The molecule has 1 saturated heterocycles. The van der Waals surface area contributed by atoms with Gasteiger partial charge in [-0.1, -0.05) is 11.6 Å². The van der Waals surface area contributed by atoms with Gasteiger partial charge in [0.1, 0.15) is 11.6 Å². The van der Waals surface area contributed by atoms with Crippen molar-refractivity contribution >= 4 is 28.7 Å². The van der Waals surface area contributed by atoms with Crippen LogP contribution in [0.2, 0.25) is 5.15 Å². The summed E-state index contributed by atoms with van der Waals surface area (Å²) in [4.78, 5) is 20.8. The number of halogens is 4. The largest absolute Gasteiger partial charge is 0.416 e. The van der Waals surface area contributed by atoms with Crippen LogP contribution in [0, 0.1) is 5.92 Å². The molecule has 0 spiro atoms. The molecule has 28 heavy (non-hydrogen) atoms. The molecule has 0 aromatic carbocycles. The fourth-order valence-electron chi connectivity index (χ4n) is 3.43. The number of rotatable bonds is 4. The maximum atomic E-state index is 13.0. The van der Waals surface area contributed by atoms with Crippen molar-refractivity contribution in [2.24, 2.45) is 5.92 Å². The normalized spacial score (nSPS) is 26.9. The van der Waals surface area contributed by atoms with Gasteiger partial charge in [0.15, 0.2) is 23.1 Å². The maximum Gasteiger partial charge on any atom is 0.416 e. The van der Waals surface area contributed by atoms with Gasteiger partial charge in [-0.3, -0.25) is 4.57 Å². The quantitative estimate of drug-likeness (QED) is 0.621. The number of hydrogen-bond donors (Lipinski definition) is 3. The predicted octanol–water partition coefficient (Wildman–Crippen LogP) is 0.810. The first-order valence-corrected chi connectivity index (χ1v) is 8.97. The molecule has 1 aliphatic carbocycles. The molecule has 13 heteroatoms. The van der Waals surface area contributed by atoms with Crippen molar-refractivity contribution < 1.29 is 28.1 Å². The summed E-state index contributed by atoms with van der Waals surface area (Å²) in [5.41, 5.74) is 5.07. The molecule has 1 saturated carbocycles. The van der Waals surface area contributed by atoms with E-state index in [4.69, 9.17) is 22.1 Å². The van der Waals surface area contributed by atoms with Crippen LogP contribution in [-0.2, 0) is 11.3 Å². The number of alkyl halides is 3. The van der Waals surface area contributed by atoms with Crippen molar-refractivity contribution in [3.8, 4) is 0 Å². The molecule has 0 bridgehead atoms. The second kappa shape index (κ2) is 6.58. The molecule has 4 rings (SSSR count). The number of ether oxygens (including phenoxy) is 1. The van der Waals surface area contributed by atoms with Crippen LogP contribution >= 0.6 is 11.6 Å². The van der Waals surface area contributed by atoms with Crippen molar-refractivity contribution in [2.45, 2.75) is 56.5 Å². The third-order valence-corrected chi connectivity index (χ3v) is 5.24. The lowest BCUT2D eigenvalue weighted by Crippen LogP contribution is -2.39. The molecule has 4 N–H and O–H groups in total. The van der Waals surface area contributed by atoms with Gasteiger partial charge in [0.25, 0.3) is 0 Å². The van der Waals surface area contributed by atoms with Crippen LogP contribution in [0.4, 0.5) is 19.1 Å². The summed E-state index contributed by atoms with van der Waals surface area (Å²) in [7, 11) is 0. The number of imidazole rings is 1. The third-order valence-electron chi connectivity index (χ3n) is 4.97. The van der Waals surface area contributed by atoms with Crippen molar-refractivity contribution in [1.29, 1.82) is 0 Å². The molecule has 0 radical (unpaired) electrons. The minimum atomic E-state index is -4.93. The summed E-state index contributed by atoms with van der Waals surface area (Å²) in [6, 6.07) is 0.